The Labute approximate surface area is 199 Å². The minimum absolute atomic E-state index is 0.0185. The number of Topliss-reactive ketones (excluding diaryl/α,β-unsaturated/α-hetero) is 1. The van der Waals surface area contributed by atoms with Crippen molar-refractivity contribution in [3.63, 3.8) is 0 Å². The first-order chi connectivity index (χ1) is 15.9. The molecular weight excluding hydrogens is 418 g/mol. The Balaban J connectivity index is 1.42. The van der Waals surface area contributed by atoms with Gasteiger partial charge in [0, 0.05) is 12.0 Å². The fourth-order valence-corrected chi connectivity index (χ4v) is 6.55. The lowest BCUT2D eigenvalue weighted by atomic mass is 9.68. The van der Waals surface area contributed by atoms with E-state index in [1.165, 1.54) is 70.3 Å². The molecule has 0 N–H and O–H groups in total. The molecule has 4 heteroatoms. The molecule has 2 aliphatic rings. The predicted molar refractivity (Wildman–Crippen MR) is 131 cm³/mol. The van der Waals surface area contributed by atoms with Gasteiger partial charge in [0.25, 0.3) is 6.43 Å². The van der Waals surface area contributed by atoms with Gasteiger partial charge < -0.3 is 4.74 Å². The first-order valence-corrected chi connectivity index (χ1v) is 13.5. The van der Waals surface area contributed by atoms with Gasteiger partial charge in [-0.2, -0.15) is 0 Å². The van der Waals surface area contributed by atoms with Gasteiger partial charge in [-0.15, -0.1) is 0 Å². The average Bonchev–Trinajstić information content (AvgIpc) is 2.80. The van der Waals surface area contributed by atoms with Crippen LogP contribution in [0.3, 0.4) is 0 Å². The van der Waals surface area contributed by atoms with E-state index in [1.54, 1.807) is 19.9 Å². The molecule has 186 valence electrons. The smallest absolute Gasteiger partial charge is 0.267 e. The lowest BCUT2D eigenvalue weighted by molar-refractivity contribution is 0.0971. The van der Waals surface area contributed by atoms with Crippen LogP contribution in [0.25, 0.3) is 0 Å². The fraction of sp³-hybridized carbons (Fsp3) is 0.759. The normalized spacial score (nSPS) is 25.9. The number of benzene rings is 1. The van der Waals surface area contributed by atoms with Crippen molar-refractivity contribution >= 4 is 5.78 Å². The number of hydrogen-bond acceptors (Lipinski definition) is 2. The van der Waals surface area contributed by atoms with Gasteiger partial charge in [0.15, 0.2) is 5.78 Å². The summed E-state index contributed by atoms with van der Waals surface area (Å²) in [5.41, 5.74) is 0.663. The highest BCUT2D eigenvalue weighted by Gasteiger charge is 2.30. The zero-order valence-corrected chi connectivity index (χ0v) is 21.0. The van der Waals surface area contributed by atoms with Crippen molar-refractivity contribution in [2.45, 2.75) is 111 Å². The summed E-state index contributed by atoms with van der Waals surface area (Å²) in [4.78, 5) is 12.8. The number of alkyl halides is 2. The summed E-state index contributed by atoms with van der Waals surface area (Å²) in [7, 11) is 0. The van der Waals surface area contributed by atoms with Crippen molar-refractivity contribution < 1.29 is 18.3 Å². The molecule has 1 aromatic rings. The molecule has 0 atom stereocenters. The predicted octanol–water partition coefficient (Wildman–Crippen LogP) is 9.10. The first kappa shape index (κ1) is 26.2. The maximum absolute atomic E-state index is 13.6. The minimum Gasteiger partial charge on any atom is -0.493 e. The van der Waals surface area contributed by atoms with Crippen LogP contribution < -0.4 is 4.74 Å². The van der Waals surface area contributed by atoms with E-state index in [9.17, 15) is 13.6 Å². The Kier molecular flexibility index (Phi) is 10.2. The number of hydrogen-bond donors (Lipinski definition) is 0. The second-order valence-corrected chi connectivity index (χ2v) is 10.5. The molecular formula is C29H44F2O2. The van der Waals surface area contributed by atoms with Crippen LogP contribution in [0.2, 0.25) is 0 Å². The number of carbonyl (C=O) groups excluding carboxylic acids is 1. The van der Waals surface area contributed by atoms with Gasteiger partial charge in [0.05, 0.1) is 12.2 Å². The maximum atomic E-state index is 13.6. The monoisotopic (exact) mass is 462 g/mol. The second-order valence-electron chi connectivity index (χ2n) is 10.5. The molecule has 2 fully saturated rings. The van der Waals surface area contributed by atoms with Crippen LogP contribution in [-0.4, -0.2) is 12.4 Å². The molecule has 2 nitrogen and oxygen atoms in total. The summed E-state index contributed by atoms with van der Waals surface area (Å²) >= 11 is 0. The van der Waals surface area contributed by atoms with Crippen LogP contribution >= 0.6 is 0 Å². The van der Waals surface area contributed by atoms with E-state index < -0.39 is 6.43 Å². The summed E-state index contributed by atoms with van der Waals surface area (Å²) in [6.45, 7) is 6.03. The van der Waals surface area contributed by atoms with Gasteiger partial charge in [-0.3, -0.25) is 4.79 Å². The van der Waals surface area contributed by atoms with Gasteiger partial charge in [-0.25, -0.2) is 8.78 Å². The van der Waals surface area contributed by atoms with Crippen LogP contribution in [0.1, 0.15) is 125 Å². The fourth-order valence-electron chi connectivity index (χ4n) is 6.55. The van der Waals surface area contributed by atoms with Gasteiger partial charge in [0.1, 0.15) is 5.75 Å². The molecule has 0 unspecified atom stereocenters. The van der Waals surface area contributed by atoms with E-state index in [4.69, 9.17) is 4.74 Å². The van der Waals surface area contributed by atoms with Crippen LogP contribution in [0.5, 0.6) is 5.75 Å². The number of ether oxygens (including phenoxy) is 1. The molecule has 3 rings (SSSR count). The van der Waals surface area contributed by atoms with Gasteiger partial charge in [-0.1, -0.05) is 51.9 Å². The molecule has 0 amide bonds. The van der Waals surface area contributed by atoms with Crippen molar-refractivity contribution in [1.29, 1.82) is 0 Å². The van der Waals surface area contributed by atoms with E-state index in [0.717, 1.165) is 36.5 Å². The molecule has 0 bridgehead atoms. The maximum Gasteiger partial charge on any atom is 0.267 e. The zero-order chi connectivity index (χ0) is 23.8. The van der Waals surface area contributed by atoms with Crippen LogP contribution in [0.4, 0.5) is 8.78 Å². The van der Waals surface area contributed by atoms with Gasteiger partial charge in [-0.05, 0) is 87.3 Å². The summed E-state index contributed by atoms with van der Waals surface area (Å²) in [6, 6.07) is 3.19. The van der Waals surface area contributed by atoms with Gasteiger partial charge >= 0.3 is 0 Å². The lowest BCUT2D eigenvalue weighted by Crippen LogP contribution is -2.26. The van der Waals surface area contributed by atoms with E-state index in [0.29, 0.717) is 24.2 Å². The second kappa shape index (κ2) is 12.9. The van der Waals surface area contributed by atoms with Crippen molar-refractivity contribution in [3.05, 3.63) is 28.8 Å². The highest BCUT2D eigenvalue weighted by molar-refractivity contribution is 5.98. The Hall–Kier alpha value is -1.45. The summed E-state index contributed by atoms with van der Waals surface area (Å²) < 4.78 is 32.5. The highest BCUT2D eigenvalue weighted by Crippen LogP contribution is 2.43. The molecule has 2 saturated carbocycles. The van der Waals surface area contributed by atoms with Crippen LogP contribution in [0, 0.1) is 30.6 Å². The summed E-state index contributed by atoms with van der Waals surface area (Å²) in [5, 5.41) is 0. The third-order valence-electron chi connectivity index (χ3n) is 8.46. The Morgan fingerprint density at radius 2 is 1.52 bits per heavy atom. The van der Waals surface area contributed by atoms with E-state index >= 15 is 0 Å². The summed E-state index contributed by atoms with van der Waals surface area (Å²) in [5.74, 6) is 3.75. The number of carbonyl (C=O) groups is 1. The number of halogens is 2. The van der Waals surface area contributed by atoms with Gasteiger partial charge in [0.2, 0.25) is 0 Å². The quantitative estimate of drug-likeness (QED) is 0.306. The SMILES string of the molecule is CCCC1CCC(C2CCC(CCCC(=O)c3ccc(OCC)c(C(F)F)c3C)CC2)CC1. The Morgan fingerprint density at radius 3 is 2.03 bits per heavy atom. The standard InChI is InChI=1S/C29H44F2O2/c1-4-7-21-10-14-23(15-11-21)24-16-12-22(13-17-24)8-6-9-26(32)25-18-19-27(33-5-2)28(20(25)3)29(30)31/h18-19,21-24,29H,4-17H2,1-3H3. The van der Waals surface area contributed by atoms with Crippen molar-refractivity contribution in [1.82, 2.24) is 0 Å². The highest BCUT2D eigenvalue weighted by atomic mass is 19.3. The van der Waals surface area contributed by atoms with E-state index in [1.807, 2.05) is 0 Å². The number of rotatable bonds is 11. The molecule has 0 radical (unpaired) electrons. The number of ketones is 1. The molecule has 0 aromatic heterocycles. The molecule has 0 heterocycles. The van der Waals surface area contributed by atoms with Crippen molar-refractivity contribution in [2.75, 3.05) is 6.61 Å². The van der Waals surface area contributed by atoms with Crippen LogP contribution in [0.15, 0.2) is 12.1 Å². The summed E-state index contributed by atoms with van der Waals surface area (Å²) in [6.07, 6.45) is 13.6. The zero-order valence-electron chi connectivity index (χ0n) is 21.0. The lowest BCUT2D eigenvalue weighted by Gasteiger charge is -2.38. The molecule has 0 spiro atoms. The third kappa shape index (κ3) is 7.02. The molecule has 33 heavy (non-hydrogen) atoms. The largest absolute Gasteiger partial charge is 0.493 e. The Morgan fingerprint density at radius 1 is 0.939 bits per heavy atom. The van der Waals surface area contributed by atoms with E-state index in [-0.39, 0.29) is 17.1 Å². The van der Waals surface area contributed by atoms with Crippen molar-refractivity contribution in [3.8, 4) is 5.75 Å². The van der Waals surface area contributed by atoms with Crippen LogP contribution in [-0.2, 0) is 0 Å². The third-order valence-corrected chi connectivity index (χ3v) is 8.46. The Bertz CT molecular complexity index is 744. The molecule has 1 aromatic carbocycles. The average molecular weight is 463 g/mol. The molecule has 2 aliphatic carbocycles. The van der Waals surface area contributed by atoms with Crippen molar-refractivity contribution in [2.24, 2.45) is 23.7 Å². The molecule has 0 aliphatic heterocycles. The minimum atomic E-state index is -2.64. The topological polar surface area (TPSA) is 26.3 Å². The van der Waals surface area contributed by atoms with E-state index in [2.05, 4.69) is 6.92 Å². The first-order valence-electron chi connectivity index (χ1n) is 13.5. The molecule has 0 saturated heterocycles.